The minimum Gasteiger partial charge on any atom is -0.409 e. The first-order valence-corrected chi connectivity index (χ1v) is 4.35. The van der Waals surface area contributed by atoms with E-state index >= 15 is 0 Å². The van der Waals surface area contributed by atoms with Gasteiger partial charge in [-0.25, -0.2) is 0 Å². The Hall–Kier alpha value is -0.770. The third kappa shape index (κ3) is 5.97. The second-order valence-corrected chi connectivity index (χ2v) is 3.04. The molecule has 0 unspecified atom stereocenters. The van der Waals surface area contributed by atoms with Crippen molar-refractivity contribution in [3.8, 4) is 0 Å². The fraction of sp³-hybridized carbons (Fsp3) is 0.875. The standard InChI is InChI=1S/C8H19N3O/c1-3-4-5-6-11(2)7-8(9)10-12/h12H,3-7H2,1-2H3,(H2,9,10). The SMILES string of the molecule is CCCCCN(C)C/C(N)=N/O. The maximum atomic E-state index is 8.29. The topological polar surface area (TPSA) is 61.8 Å². The summed E-state index contributed by atoms with van der Waals surface area (Å²) in [6, 6.07) is 0. The quantitative estimate of drug-likeness (QED) is 0.206. The summed E-state index contributed by atoms with van der Waals surface area (Å²) < 4.78 is 0. The number of unbranched alkanes of at least 4 members (excludes halogenated alkanes) is 2. The average Bonchev–Trinajstić information content (AvgIpc) is 2.05. The van der Waals surface area contributed by atoms with Gasteiger partial charge in [-0.05, 0) is 20.0 Å². The molecule has 0 heterocycles. The summed E-state index contributed by atoms with van der Waals surface area (Å²) in [6.07, 6.45) is 3.63. The van der Waals surface area contributed by atoms with Crippen LogP contribution in [0.5, 0.6) is 0 Å². The van der Waals surface area contributed by atoms with Crippen molar-refractivity contribution in [2.24, 2.45) is 10.9 Å². The van der Waals surface area contributed by atoms with Crippen LogP contribution in [-0.2, 0) is 0 Å². The lowest BCUT2D eigenvalue weighted by Crippen LogP contribution is -2.31. The molecule has 0 spiro atoms. The molecule has 4 nitrogen and oxygen atoms in total. The molecule has 0 saturated heterocycles. The number of oxime groups is 1. The smallest absolute Gasteiger partial charge is 0.153 e. The zero-order chi connectivity index (χ0) is 9.40. The highest BCUT2D eigenvalue weighted by molar-refractivity contribution is 5.81. The summed E-state index contributed by atoms with van der Waals surface area (Å²) in [7, 11) is 1.97. The molecule has 0 aromatic heterocycles. The molecule has 0 aromatic carbocycles. The fourth-order valence-corrected chi connectivity index (χ4v) is 1.02. The van der Waals surface area contributed by atoms with Crippen LogP contribution < -0.4 is 5.73 Å². The van der Waals surface area contributed by atoms with Crippen molar-refractivity contribution < 1.29 is 5.21 Å². The molecular weight excluding hydrogens is 154 g/mol. The van der Waals surface area contributed by atoms with E-state index in [1.54, 1.807) is 0 Å². The second kappa shape index (κ2) is 6.91. The fourth-order valence-electron chi connectivity index (χ4n) is 1.02. The van der Waals surface area contributed by atoms with Gasteiger partial charge in [-0.3, -0.25) is 4.90 Å². The molecule has 0 rings (SSSR count). The number of hydrogen-bond acceptors (Lipinski definition) is 3. The van der Waals surface area contributed by atoms with E-state index in [9.17, 15) is 0 Å². The van der Waals surface area contributed by atoms with Crippen LogP contribution in [0.1, 0.15) is 26.2 Å². The predicted molar refractivity (Wildman–Crippen MR) is 50.4 cm³/mol. The van der Waals surface area contributed by atoms with Gasteiger partial charge in [0.05, 0.1) is 6.54 Å². The third-order valence-electron chi connectivity index (χ3n) is 1.70. The van der Waals surface area contributed by atoms with Gasteiger partial charge in [0.2, 0.25) is 0 Å². The zero-order valence-electron chi connectivity index (χ0n) is 7.95. The first-order valence-electron chi connectivity index (χ1n) is 4.35. The Balaban J connectivity index is 3.39. The molecule has 72 valence electrons. The first-order chi connectivity index (χ1) is 5.70. The molecule has 0 amide bonds. The van der Waals surface area contributed by atoms with Crippen molar-refractivity contribution in [2.45, 2.75) is 26.2 Å². The van der Waals surface area contributed by atoms with Gasteiger partial charge in [0.1, 0.15) is 0 Å². The van der Waals surface area contributed by atoms with Crippen LogP contribution >= 0.6 is 0 Å². The third-order valence-corrected chi connectivity index (χ3v) is 1.70. The summed E-state index contributed by atoms with van der Waals surface area (Å²) in [5.74, 6) is 0.272. The van der Waals surface area contributed by atoms with E-state index in [4.69, 9.17) is 10.9 Å². The molecule has 3 N–H and O–H groups in total. The number of likely N-dealkylation sites (N-methyl/N-ethyl adjacent to an activating group) is 1. The van der Waals surface area contributed by atoms with Gasteiger partial charge in [0.15, 0.2) is 5.84 Å². The number of amidine groups is 1. The summed E-state index contributed by atoms with van der Waals surface area (Å²) >= 11 is 0. The number of nitrogens with zero attached hydrogens (tertiary/aromatic N) is 2. The van der Waals surface area contributed by atoms with E-state index in [0.29, 0.717) is 6.54 Å². The lowest BCUT2D eigenvalue weighted by Gasteiger charge is -2.14. The molecule has 0 atom stereocenters. The van der Waals surface area contributed by atoms with Gasteiger partial charge >= 0.3 is 0 Å². The Morgan fingerprint density at radius 2 is 2.17 bits per heavy atom. The van der Waals surface area contributed by atoms with Crippen molar-refractivity contribution >= 4 is 5.84 Å². The minimum absolute atomic E-state index is 0.272. The van der Waals surface area contributed by atoms with Gasteiger partial charge < -0.3 is 10.9 Å². The Kier molecular flexibility index (Phi) is 6.47. The van der Waals surface area contributed by atoms with E-state index in [2.05, 4.69) is 12.1 Å². The monoisotopic (exact) mass is 173 g/mol. The second-order valence-electron chi connectivity index (χ2n) is 3.04. The van der Waals surface area contributed by atoms with Gasteiger partial charge in [0.25, 0.3) is 0 Å². The van der Waals surface area contributed by atoms with Crippen LogP contribution in [0.25, 0.3) is 0 Å². The lowest BCUT2D eigenvalue weighted by atomic mass is 10.2. The summed E-state index contributed by atoms with van der Waals surface area (Å²) in [6.45, 7) is 3.72. The minimum atomic E-state index is 0.272. The van der Waals surface area contributed by atoms with Crippen LogP contribution in [0, 0.1) is 0 Å². The molecule has 12 heavy (non-hydrogen) atoms. The molecular formula is C8H19N3O. The summed E-state index contributed by atoms with van der Waals surface area (Å²) in [4.78, 5) is 2.05. The molecule has 0 bridgehead atoms. The molecule has 0 fully saturated rings. The maximum Gasteiger partial charge on any atom is 0.153 e. The Bertz CT molecular complexity index is 136. The Morgan fingerprint density at radius 3 is 2.67 bits per heavy atom. The summed E-state index contributed by atoms with van der Waals surface area (Å²) in [5, 5.41) is 11.2. The molecule has 4 heteroatoms. The molecule has 0 aliphatic heterocycles. The number of rotatable bonds is 6. The largest absolute Gasteiger partial charge is 0.409 e. The molecule has 0 radical (unpaired) electrons. The van der Waals surface area contributed by atoms with E-state index in [1.165, 1.54) is 19.3 Å². The van der Waals surface area contributed by atoms with Gasteiger partial charge in [-0.1, -0.05) is 24.9 Å². The van der Waals surface area contributed by atoms with E-state index in [-0.39, 0.29) is 5.84 Å². The van der Waals surface area contributed by atoms with Crippen molar-refractivity contribution in [3.63, 3.8) is 0 Å². The average molecular weight is 173 g/mol. The normalized spacial score (nSPS) is 12.4. The van der Waals surface area contributed by atoms with Gasteiger partial charge in [-0.15, -0.1) is 0 Å². The van der Waals surface area contributed by atoms with Crippen molar-refractivity contribution in [1.82, 2.24) is 4.90 Å². The van der Waals surface area contributed by atoms with Crippen molar-refractivity contribution in [2.75, 3.05) is 20.1 Å². The van der Waals surface area contributed by atoms with E-state index < -0.39 is 0 Å². The highest BCUT2D eigenvalue weighted by atomic mass is 16.4. The van der Waals surface area contributed by atoms with Gasteiger partial charge in [-0.2, -0.15) is 0 Å². The number of hydrogen-bond donors (Lipinski definition) is 2. The van der Waals surface area contributed by atoms with Crippen LogP contribution in [0.15, 0.2) is 5.16 Å². The van der Waals surface area contributed by atoms with Crippen LogP contribution in [0.3, 0.4) is 0 Å². The number of nitrogens with two attached hydrogens (primary N) is 1. The highest BCUT2D eigenvalue weighted by Crippen LogP contribution is 1.95. The van der Waals surface area contributed by atoms with Crippen LogP contribution in [0.4, 0.5) is 0 Å². The van der Waals surface area contributed by atoms with Crippen LogP contribution in [0.2, 0.25) is 0 Å². The molecule has 0 saturated carbocycles. The molecule has 0 aliphatic rings. The summed E-state index contributed by atoms with van der Waals surface area (Å²) in [5.41, 5.74) is 5.34. The lowest BCUT2D eigenvalue weighted by molar-refractivity contribution is 0.308. The zero-order valence-corrected chi connectivity index (χ0v) is 7.95. The first kappa shape index (κ1) is 11.2. The van der Waals surface area contributed by atoms with E-state index in [0.717, 1.165) is 6.54 Å². The Labute approximate surface area is 74.0 Å². The molecule has 0 aliphatic carbocycles. The van der Waals surface area contributed by atoms with E-state index in [1.807, 2.05) is 11.9 Å². The highest BCUT2D eigenvalue weighted by Gasteiger charge is 1.99. The van der Waals surface area contributed by atoms with Crippen molar-refractivity contribution in [3.05, 3.63) is 0 Å². The van der Waals surface area contributed by atoms with Gasteiger partial charge in [0, 0.05) is 0 Å². The van der Waals surface area contributed by atoms with Crippen LogP contribution in [-0.4, -0.2) is 36.1 Å². The maximum absolute atomic E-state index is 8.29. The predicted octanol–water partition coefficient (Wildman–Crippen LogP) is 0.855. The molecule has 0 aromatic rings. The Morgan fingerprint density at radius 1 is 1.50 bits per heavy atom. The van der Waals surface area contributed by atoms with Crippen molar-refractivity contribution in [1.29, 1.82) is 0 Å².